The molecule has 50 heavy (non-hydrogen) atoms. The van der Waals surface area contributed by atoms with Crippen LogP contribution >= 0.6 is 0 Å². The third-order valence-electron chi connectivity index (χ3n) is 12.2. The third kappa shape index (κ3) is 6.19. The molecule has 6 fully saturated rings. The van der Waals surface area contributed by atoms with Gasteiger partial charge in [-0.2, -0.15) is 0 Å². The maximum Gasteiger partial charge on any atom is 0.328 e. The molecule has 3 aliphatic carbocycles. The Balaban J connectivity index is 0.000000170. The minimum absolute atomic E-state index is 0. The number of imide groups is 2. The van der Waals surface area contributed by atoms with Crippen LogP contribution in [-0.4, -0.2) is 118 Å². The molecule has 0 aromatic rings. The zero-order chi connectivity index (χ0) is 34.6. The Morgan fingerprint density at radius 1 is 0.660 bits per heavy atom. The topological polar surface area (TPSA) is 139 Å². The van der Waals surface area contributed by atoms with Gasteiger partial charge in [-0.3, -0.25) is 29.2 Å². The van der Waals surface area contributed by atoms with E-state index in [0.717, 1.165) is 68.6 Å². The minimum atomic E-state index is -0.435. The first-order valence-electron chi connectivity index (χ1n) is 19.2. The molecule has 5 heterocycles. The Morgan fingerprint density at radius 3 is 1.58 bits per heavy atom. The molecule has 2 N–H and O–H groups in total. The van der Waals surface area contributed by atoms with Gasteiger partial charge < -0.3 is 15.4 Å². The highest BCUT2D eigenvalue weighted by molar-refractivity contribution is 6.05. The summed E-state index contributed by atoms with van der Waals surface area (Å²) in [5, 5.41) is 6.80. The van der Waals surface area contributed by atoms with Gasteiger partial charge in [-0.25, -0.2) is 19.6 Å². The molecule has 278 valence electrons. The molecule has 11 unspecified atom stereocenters. The summed E-state index contributed by atoms with van der Waals surface area (Å²) in [4.78, 5) is 67.3. The number of aliphatic imine (C=N–C) groups is 2. The summed E-state index contributed by atoms with van der Waals surface area (Å²) in [5.74, 6) is 5.20. The molecule has 3 saturated heterocycles. The average Bonchev–Trinajstić information content (AvgIpc) is 3.94. The molecule has 5 aliphatic heterocycles. The predicted molar refractivity (Wildman–Crippen MR) is 191 cm³/mol. The lowest BCUT2D eigenvalue weighted by molar-refractivity contribution is -0.135. The summed E-state index contributed by atoms with van der Waals surface area (Å²) in [5.41, 5.74) is 0. The quantitative estimate of drug-likeness (QED) is 0.348. The second kappa shape index (κ2) is 14.8. The first-order chi connectivity index (χ1) is 23.7. The molecular weight excluding hydrogens is 636 g/mol. The van der Waals surface area contributed by atoms with E-state index < -0.39 is 12.2 Å². The summed E-state index contributed by atoms with van der Waals surface area (Å²) >= 11 is 0. The van der Waals surface area contributed by atoms with Crippen LogP contribution in [0, 0.1) is 35.5 Å². The first-order valence-corrected chi connectivity index (χ1v) is 19.2. The zero-order valence-corrected chi connectivity index (χ0v) is 30.0. The summed E-state index contributed by atoms with van der Waals surface area (Å²) in [6.45, 7) is 13.5. The van der Waals surface area contributed by atoms with E-state index >= 15 is 0 Å². The number of ether oxygens (including phenoxy) is 1. The Bertz CT molecular complexity index is 1390. The number of nitrogens with one attached hydrogen (secondary N) is 2. The van der Waals surface area contributed by atoms with E-state index in [1.165, 1.54) is 29.1 Å². The summed E-state index contributed by atoms with van der Waals surface area (Å²) < 4.78 is 5.82. The summed E-state index contributed by atoms with van der Waals surface area (Å²) in [7, 11) is 0. The lowest BCUT2D eigenvalue weighted by Gasteiger charge is -2.40. The van der Waals surface area contributed by atoms with E-state index in [-0.39, 0.29) is 55.5 Å². The summed E-state index contributed by atoms with van der Waals surface area (Å²) in [6.07, 6.45) is 8.75. The Kier molecular flexibility index (Phi) is 10.8. The fraction of sp³-hybridized carbons (Fsp3) is 0.838. The molecule has 11 atom stereocenters. The normalized spacial score (nSPS) is 38.0. The Labute approximate surface area is 298 Å². The van der Waals surface area contributed by atoms with Gasteiger partial charge in [-0.05, 0) is 81.5 Å². The number of amides is 6. The maximum atomic E-state index is 12.9. The Hall–Kier alpha value is -3.22. The molecule has 13 heteroatoms. The van der Waals surface area contributed by atoms with Crippen molar-refractivity contribution < 1.29 is 23.9 Å². The second-order valence-corrected chi connectivity index (χ2v) is 15.7. The maximum absolute atomic E-state index is 12.9. The molecule has 6 amide bonds. The van der Waals surface area contributed by atoms with Crippen molar-refractivity contribution >= 4 is 35.5 Å². The SMILES string of the molecule is C.CCCN1C(=O)C2NC(C3CC4CC(C)C3C4)=NC2N(CCC)C1=O.CCCN1C(=O)C2NC(C3CC4COC3C4)=NC2N(CCC)C1=O. The van der Waals surface area contributed by atoms with E-state index in [1.807, 2.05) is 20.8 Å². The standard InChI is InChI=1S/C19H30N4O2.C17H26N4O3.CH4/c1-4-6-22-17-15(18(24)23(7-5-2)19(22)25)20-16(21-17)14-10-12-8-11(3)13(14)9-12;1-3-5-20-15-13(16(22)21(6-4-2)17(20)23)18-14(19-15)11-7-10-8-12(11)24-9-10;/h11-15,17H,4-10H2,1-3H3,(H,20,21);10-13,15H,3-9H2,1-2H3,(H,18,19);1H4. The number of amidine groups is 2. The van der Waals surface area contributed by atoms with Crippen LogP contribution < -0.4 is 10.6 Å². The van der Waals surface area contributed by atoms with Crippen molar-refractivity contribution in [1.29, 1.82) is 0 Å². The van der Waals surface area contributed by atoms with E-state index in [2.05, 4.69) is 24.5 Å². The van der Waals surface area contributed by atoms with Gasteiger partial charge >= 0.3 is 12.1 Å². The van der Waals surface area contributed by atoms with Crippen LogP contribution in [0.5, 0.6) is 0 Å². The van der Waals surface area contributed by atoms with Crippen molar-refractivity contribution in [2.24, 2.45) is 45.5 Å². The minimum Gasteiger partial charge on any atom is -0.377 e. The lowest BCUT2D eigenvalue weighted by atomic mass is 9.81. The van der Waals surface area contributed by atoms with Gasteiger partial charge in [0.25, 0.3) is 11.8 Å². The van der Waals surface area contributed by atoms with Crippen LogP contribution in [0.25, 0.3) is 0 Å². The van der Waals surface area contributed by atoms with Gasteiger partial charge in [-0.1, -0.05) is 42.0 Å². The number of hydrogen-bond acceptors (Lipinski definition) is 9. The molecule has 0 aromatic heterocycles. The van der Waals surface area contributed by atoms with Gasteiger partial charge in [0, 0.05) is 44.6 Å². The van der Waals surface area contributed by atoms with Crippen molar-refractivity contribution in [3.05, 3.63) is 0 Å². The number of fused-ring (bicyclic) bond motifs is 6. The molecule has 8 rings (SSSR count). The molecular formula is C37H60N8O5. The van der Waals surface area contributed by atoms with Crippen molar-refractivity contribution in [2.75, 3.05) is 32.8 Å². The number of urea groups is 2. The molecule has 13 nitrogen and oxygen atoms in total. The smallest absolute Gasteiger partial charge is 0.328 e. The second-order valence-electron chi connectivity index (χ2n) is 15.7. The Morgan fingerprint density at radius 2 is 1.16 bits per heavy atom. The van der Waals surface area contributed by atoms with Gasteiger partial charge in [0.2, 0.25) is 0 Å². The van der Waals surface area contributed by atoms with Crippen LogP contribution in [-0.2, 0) is 14.3 Å². The van der Waals surface area contributed by atoms with Gasteiger partial charge in [0.15, 0.2) is 12.3 Å². The number of carbonyl (C=O) groups is 4. The first kappa shape index (κ1) is 36.6. The van der Waals surface area contributed by atoms with Crippen molar-refractivity contribution in [3.8, 4) is 0 Å². The number of carbonyl (C=O) groups excluding carboxylic acids is 4. The fourth-order valence-corrected chi connectivity index (χ4v) is 10.1. The van der Waals surface area contributed by atoms with Crippen LogP contribution in [0.1, 0.15) is 99.8 Å². The van der Waals surface area contributed by atoms with E-state index in [9.17, 15) is 19.2 Å². The molecule has 8 aliphatic rings. The highest BCUT2D eigenvalue weighted by atomic mass is 16.5. The van der Waals surface area contributed by atoms with Crippen molar-refractivity contribution in [3.63, 3.8) is 0 Å². The lowest BCUT2D eigenvalue weighted by Crippen LogP contribution is -2.65. The van der Waals surface area contributed by atoms with Gasteiger partial charge in [0.05, 0.1) is 6.10 Å². The number of rotatable bonds is 10. The molecule has 4 bridgehead atoms. The molecule has 0 spiro atoms. The summed E-state index contributed by atoms with van der Waals surface area (Å²) in [6, 6.07) is -1.18. The van der Waals surface area contributed by atoms with Gasteiger partial charge in [0.1, 0.15) is 23.8 Å². The highest BCUT2D eigenvalue weighted by Crippen LogP contribution is 2.52. The van der Waals surface area contributed by atoms with Crippen molar-refractivity contribution in [1.82, 2.24) is 30.2 Å². The van der Waals surface area contributed by atoms with Crippen LogP contribution in [0.3, 0.4) is 0 Å². The van der Waals surface area contributed by atoms with E-state index in [1.54, 1.807) is 9.80 Å². The third-order valence-corrected chi connectivity index (χ3v) is 12.2. The van der Waals surface area contributed by atoms with Crippen molar-refractivity contribution in [2.45, 2.75) is 130 Å². The molecule has 3 saturated carbocycles. The monoisotopic (exact) mass is 696 g/mol. The van der Waals surface area contributed by atoms with Crippen LogP contribution in [0.2, 0.25) is 0 Å². The highest BCUT2D eigenvalue weighted by Gasteiger charge is 2.54. The largest absolute Gasteiger partial charge is 0.377 e. The van der Waals surface area contributed by atoms with Crippen LogP contribution in [0.15, 0.2) is 9.98 Å². The predicted octanol–water partition coefficient (Wildman–Crippen LogP) is 4.28. The number of hydrogen-bond donors (Lipinski definition) is 2. The van der Waals surface area contributed by atoms with Crippen LogP contribution in [0.4, 0.5) is 9.59 Å². The fourth-order valence-electron chi connectivity index (χ4n) is 10.1. The molecule has 0 aromatic carbocycles. The van der Waals surface area contributed by atoms with Gasteiger partial charge in [-0.15, -0.1) is 0 Å². The average molecular weight is 697 g/mol. The zero-order valence-electron chi connectivity index (χ0n) is 30.0. The number of nitrogens with zero attached hydrogens (tertiary/aromatic N) is 6. The van der Waals surface area contributed by atoms with E-state index in [4.69, 9.17) is 14.7 Å². The van der Waals surface area contributed by atoms with E-state index in [0.29, 0.717) is 43.9 Å². The molecule has 0 radical (unpaired) electrons.